The molecule has 4 rings (SSSR count). The summed E-state index contributed by atoms with van der Waals surface area (Å²) in [6.07, 6.45) is 1.94. The highest BCUT2D eigenvalue weighted by Gasteiger charge is 2.33. The van der Waals surface area contributed by atoms with Crippen LogP contribution in [0.15, 0.2) is 103 Å². The highest BCUT2D eigenvalue weighted by atomic mass is 35.5. The van der Waals surface area contributed by atoms with Crippen LogP contribution < -0.4 is 14.4 Å². The van der Waals surface area contributed by atoms with Gasteiger partial charge in [0.05, 0.1) is 22.0 Å². The topological polar surface area (TPSA) is 96.0 Å². The lowest BCUT2D eigenvalue weighted by Crippen LogP contribution is -2.54. The molecule has 0 heterocycles. The Morgan fingerprint density at radius 2 is 1.45 bits per heavy atom. The van der Waals surface area contributed by atoms with Gasteiger partial charge in [0, 0.05) is 19.0 Å². The highest BCUT2D eigenvalue weighted by molar-refractivity contribution is 7.92. The van der Waals surface area contributed by atoms with Gasteiger partial charge < -0.3 is 15.0 Å². The van der Waals surface area contributed by atoms with Crippen LogP contribution in [0.2, 0.25) is 10.0 Å². The van der Waals surface area contributed by atoms with Gasteiger partial charge in [0.2, 0.25) is 21.8 Å². The summed E-state index contributed by atoms with van der Waals surface area (Å²) < 4.78 is 33.1. The predicted octanol–water partition coefficient (Wildman–Crippen LogP) is 6.89. The van der Waals surface area contributed by atoms with Crippen molar-refractivity contribution < 1.29 is 22.7 Å². The molecular weight excluding hydrogens is 657 g/mol. The van der Waals surface area contributed by atoms with Crippen molar-refractivity contribution >= 4 is 50.7 Å². The number of rotatable bonds is 15. The zero-order chi connectivity index (χ0) is 34.0. The number of sulfonamides is 1. The molecule has 0 aliphatic rings. The van der Waals surface area contributed by atoms with Crippen molar-refractivity contribution in [2.75, 3.05) is 17.1 Å². The smallest absolute Gasteiger partial charge is 0.244 e. The Bertz CT molecular complexity index is 1740. The number of halogens is 2. The third-order valence-electron chi connectivity index (χ3n) is 7.66. The molecule has 248 valence electrons. The second kappa shape index (κ2) is 16.7. The number of anilines is 1. The first-order valence-electron chi connectivity index (χ1n) is 15.3. The van der Waals surface area contributed by atoms with Gasteiger partial charge in [-0.2, -0.15) is 0 Å². The normalized spacial score (nSPS) is 12.5. The molecule has 47 heavy (non-hydrogen) atoms. The van der Waals surface area contributed by atoms with Crippen molar-refractivity contribution in [2.45, 2.75) is 51.9 Å². The Morgan fingerprint density at radius 3 is 2.02 bits per heavy atom. The third-order valence-corrected chi connectivity index (χ3v) is 9.54. The lowest BCUT2D eigenvalue weighted by atomic mass is 10.0. The van der Waals surface area contributed by atoms with Crippen molar-refractivity contribution in [1.29, 1.82) is 0 Å². The summed E-state index contributed by atoms with van der Waals surface area (Å²) in [4.78, 5) is 29.6. The minimum Gasteiger partial charge on any atom is -0.489 e. The van der Waals surface area contributed by atoms with Crippen molar-refractivity contribution in [3.8, 4) is 5.75 Å². The first kappa shape index (κ1) is 35.8. The summed E-state index contributed by atoms with van der Waals surface area (Å²) in [6.45, 7) is 3.65. The van der Waals surface area contributed by atoms with E-state index >= 15 is 0 Å². The molecule has 4 aromatic carbocycles. The molecule has 0 radical (unpaired) electrons. The van der Waals surface area contributed by atoms with E-state index in [1.807, 2.05) is 74.5 Å². The molecular formula is C36H39Cl2N3O5S. The van der Waals surface area contributed by atoms with E-state index in [9.17, 15) is 18.0 Å². The van der Waals surface area contributed by atoms with Crippen LogP contribution in [0.4, 0.5) is 5.69 Å². The Balaban J connectivity index is 1.66. The average molecular weight is 697 g/mol. The van der Waals surface area contributed by atoms with Crippen molar-refractivity contribution in [3.63, 3.8) is 0 Å². The van der Waals surface area contributed by atoms with Crippen LogP contribution in [-0.4, -0.2) is 50.0 Å². The van der Waals surface area contributed by atoms with E-state index < -0.39 is 28.5 Å². The number of amides is 2. The summed E-state index contributed by atoms with van der Waals surface area (Å²) in [5, 5.41) is 3.66. The number of nitrogens with one attached hydrogen (secondary N) is 1. The molecule has 0 aliphatic heterocycles. The number of carbonyl (C=O) groups excluding carboxylic acids is 2. The van der Waals surface area contributed by atoms with E-state index in [1.54, 1.807) is 42.5 Å². The third kappa shape index (κ3) is 10.5. The molecule has 0 saturated carbocycles. The molecule has 11 heteroatoms. The Kier molecular flexibility index (Phi) is 12.7. The van der Waals surface area contributed by atoms with Gasteiger partial charge in [0.1, 0.15) is 24.9 Å². The first-order valence-corrected chi connectivity index (χ1v) is 17.9. The molecule has 2 amide bonds. The fourth-order valence-corrected chi connectivity index (χ4v) is 6.06. The van der Waals surface area contributed by atoms with Crippen LogP contribution in [0.3, 0.4) is 0 Å². The maximum absolute atomic E-state index is 14.3. The van der Waals surface area contributed by atoms with Crippen molar-refractivity contribution in [1.82, 2.24) is 10.2 Å². The predicted molar refractivity (Wildman–Crippen MR) is 188 cm³/mol. The Labute approximate surface area is 287 Å². The van der Waals surface area contributed by atoms with E-state index in [0.717, 1.165) is 21.7 Å². The van der Waals surface area contributed by atoms with E-state index in [2.05, 4.69) is 5.32 Å². The molecule has 2 atom stereocenters. The van der Waals surface area contributed by atoms with Gasteiger partial charge in [-0.25, -0.2) is 8.42 Å². The molecule has 0 bridgehead atoms. The summed E-state index contributed by atoms with van der Waals surface area (Å²) >= 11 is 12.5. The van der Waals surface area contributed by atoms with Crippen LogP contribution in [0, 0.1) is 0 Å². The van der Waals surface area contributed by atoms with Gasteiger partial charge in [-0.15, -0.1) is 0 Å². The number of carbonyl (C=O) groups is 2. The molecule has 0 unspecified atom stereocenters. The molecule has 0 aliphatic carbocycles. The molecule has 1 N–H and O–H groups in total. The largest absolute Gasteiger partial charge is 0.489 e. The molecule has 0 spiro atoms. The van der Waals surface area contributed by atoms with Gasteiger partial charge >= 0.3 is 0 Å². The summed E-state index contributed by atoms with van der Waals surface area (Å²) in [6, 6.07) is 29.4. The van der Waals surface area contributed by atoms with Crippen LogP contribution in [0.5, 0.6) is 5.75 Å². The molecule has 0 fully saturated rings. The summed E-state index contributed by atoms with van der Waals surface area (Å²) in [5.74, 6) is -0.364. The van der Waals surface area contributed by atoms with Gasteiger partial charge in [-0.1, -0.05) is 96.9 Å². The summed E-state index contributed by atoms with van der Waals surface area (Å²) in [7, 11) is -3.92. The lowest BCUT2D eigenvalue weighted by molar-refractivity contribution is -0.140. The summed E-state index contributed by atoms with van der Waals surface area (Å²) in [5.41, 5.74) is 2.75. The maximum Gasteiger partial charge on any atom is 0.244 e. The van der Waals surface area contributed by atoms with Gasteiger partial charge in [0.15, 0.2) is 0 Å². The van der Waals surface area contributed by atoms with Crippen LogP contribution in [0.1, 0.15) is 37.0 Å². The van der Waals surface area contributed by atoms with Crippen LogP contribution in [-0.2, 0) is 39.2 Å². The number of hydrogen-bond donors (Lipinski definition) is 1. The molecule has 4 aromatic rings. The molecule has 0 aromatic heterocycles. The second-order valence-corrected chi connectivity index (χ2v) is 14.1. The van der Waals surface area contributed by atoms with E-state index in [-0.39, 0.29) is 30.6 Å². The fourth-order valence-electron chi connectivity index (χ4n) is 4.89. The van der Waals surface area contributed by atoms with Crippen molar-refractivity contribution in [3.05, 3.63) is 130 Å². The highest BCUT2D eigenvalue weighted by Crippen LogP contribution is 2.26. The SMILES string of the molecule is CC[C@@H](C)NC(=O)[C@@H](Cc1ccccc1)N(Cc1ccc(Cl)c(Cl)c1)C(=O)CN(c1ccc(OCc2ccccc2)cc1)S(C)(=O)=O. The first-order chi connectivity index (χ1) is 22.4. The molecule has 0 saturated heterocycles. The van der Waals surface area contributed by atoms with E-state index in [1.165, 1.54) is 4.90 Å². The van der Waals surface area contributed by atoms with Crippen LogP contribution >= 0.6 is 23.2 Å². The number of nitrogens with zero attached hydrogens (tertiary/aromatic N) is 2. The number of ether oxygens (including phenoxy) is 1. The van der Waals surface area contributed by atoms with Crippen molar-refractivity contribution in [2.24, 2.45) is 0 Å². The van der Waals surface area contributed by atoms with Gasteiger partial charge in [0.25, 0.3) is 0 Å². The fraction of sp³-hybridized carbons (Fsp3) is 0.278. The van der Waals surface area contributed by atoms with E-state index in [0.29, 0.717) is 34.4 Å². The second-order valence-electron chi connectivity index (χ2n) is 11.3. The van der Waals surface area contributed by atoms with Gasteiger partial charge in [-0.3, -0.25) is 13.9 Å². The Morgan fingerprint density at radius 1 is 0.830 bits per heavy atom. The quantitative estimate of drug-likeness (QED) is 0.146. The zero-order valence-electron chi connectivity index (χ0n) is 26.6. The number of benzene rings is 4. The lowest BCUT2D eigenvalue weighted by Gasteiger charge is -2.34. The average Bonchev–Trinajstić information content (AvgIpc) is 3.06. The van der Waals surface area contributed by atoms with E-state index in [4.69, 9.17) is 27.9 Å². The minimum absolute atomic E-state index is 0.00891. The van der Waals surface area contributed by atoms with Gasteiger partial charge in [-0.05, 0) is 66.4 Å². The monoisotopic (exact) mass is 695 g/mol. The number of hydrogen-bond acceptors (Lipinski definition) is 5. The standard InChI is InChI=1S/C36H39Cl2N3O5S/c1-4-26(2)39-36(43)34(22-27-11-7-5-8-12-27)40(23-29-15-20-32(37)33(38)21-29)35(42)24-41(47(3,44)45)30-16-18-31(19-17-30)46-25-28-13-9-6-10-14-28/h5-21,26,34H,4,22-25H2,1-3H3,(H,39,43)/t26-,34-/m1/s1. The zero-order valence-corrected chi connectivity index (χ0v) is 28.9. The maximum atomic E-state index is 14.3. The van der Waals surface area contributed by atoms with Crippen LogP contribution in [0.25, 0.3) is 0 Å². The molecule has 8 nitrogen and oxygen atoms in total. The minimum atomic E-state index is -3.92. The Hall–Kier alpha value is -4.05.